The number of nitriles is 1. The quantitative estimate of drug-likeness (QED) is 0.855. The molecule has 84 valence electrons. The van der Waals surface area contributed by atoms with Gasteiger partial charge >= 0.3 is 0 Å². The van der Waals surface area contributed by atoms with Gasteiger partial charge in [0.25, 0.3) is 5.91 Å². The molecule has 1 rings (SSSR count). The molecule has 0 fully saturated rings. The lowest BCUT2D eigenvalue weighted by Crippen LogP contribution is -2.28. The average molecular weight is 281 g/mol. The molecule has 0 aliphatic rings. The zero-order valence-electron chi connectivity index (χ0n) is 9.33. The van der Waals surface area contributed by atoms with Crippen LogP contribution in [-0.4, -0.2) is 24.4 Å². The molecule has 16 heavy (non-hydrogen) atoms. The van der Waals surface area contributed by atoms with Crippen LogP contribution in [0, 0.1) is 18.3 Å². The van der Waals surface area contributed by atoms with Gasteiger partial charge in [0.15, 0.2) is 0 Å². The lowest BCUT2D eigenvalue weighted by atomic mass is 10.1. The van der Waals surface area contributed by atoms with Gasteiger partial charge in [0.1, 0.15) is 0 Å². The maximum absolute atomic E-state index is 12.0. The van der Waals surface area contributed by atoms with Gasteiger partial charge in [-0.2, -0.15) is 5.26 Å². The van der Waals surface area contributed by atoms with E-state index in [1.165, 1.54) is 0 Å². The fourth-order valence-electron chi connectivity index (χ4n) is 1.36. The van der Waals surface area contributed by atoms with Crippen LogP contribution in [-0.2, 0) is 0 Å². The number of benzene rings is 1. The Hall–Kier alpha value is -1.34. The van der Waals surface area contributed by atoms with Gasteiger partial charge in [0, 0.05) is 23.6 Å². The average Bonchev–Trinajstić information content (AvgIpc) is 2.28. The van der Waals surface area contributed by atoms with Gasteiger partial charge < -0.3 is 4.90 Å². The van der Waals surface area contributed by atoms with Crippen LogP contribution in [0.15, 0.2) is 22.7 Å². The van der Waals surface area contributed by atoms with E-state index < -0.39 is 0 Å². The summed E-state index contributed by atoms with van der Waals surface area (Å²) in [6.07, 6.45) is 0.356. The summed E-state index contributed by atoms with van der Waals surface area (Å²) in [6.45, 7) is 2.36. The predicted molar refractivity (Wildman–Crippen MR) is 66.1 cm³/mol. The molecule has 0 spiro atoms. The minimum absolute atomic E-state index is 0.0472. The van der Waals surface area contributed by atoms with Gasteiger partial charge in [-0.3, -0.25) is 4.79 Å². The second kappa shape index (κ2) is 5.66. The standard InChI is InChI=1S/C12H13BrN2O/c1-9-10(5-3-6-11(9)13)12(16)15(2)8-4-7-14/h3,5-6H,4,8H2,1-2H3. The summed E-state index contributed by atoms with van der Waals surface area (Å²) in [4.78, 5) is 13.6. The predicted octanol–water partition coefficient (Wildman–Crippen LogP) is 2.74. The minimum Gasteiger partial charge on any atom is -0.341 e. The van der Waals surface area contributed by atoms with Crippen LogP contribution in [0.1, 0.15) is 22.3 Å². The fourth-order valence-corrected chi connectivity index (χ4v) is 1.73. The zero-order chi connectivity index (χ0) is 12.1. The number of halogens is 1. The summed E-state index contributed by atoms with van der Waals surface area (Å²) < 4.78 is 0.923. The van der Waals surface area contributed by atoms with Crippen LogP contribution in [0.25, 0.3) is 0 Å². The van der Waals surface area contributed by atoms with Crippen LogP contribution >= 0.6 is 15.9 Å². The van der Waals surface area contributed by atoms with E-state index in [4.69, 9.17) is 5.26 Å². The molecule has 0 aliphatic carbocycles. The van der Waals surface area contributed by atoms with Crippen LogP contribution < -0.4 is 0 Å². The minimum atomic E-state index is -0.0472. The number of rotatable bonds is 3. The van der Waals surface area contributed by atoms with Crippen molar-refractivity contribution >= 4 is 21.8 Å². The molecule has 1 aromatic rings. The second-order valence-electron chi connectivity index (χ2n) is 3.55. The van der Waals surface area contributed by atoms with Gasteiger partial charge in [-0.25, -0.2) is 0 Å². The number of hydrogen-bond donors (Lipinski definition) is 0. The van der Waals surface area contributed by atoms with Crippen molar-refractivity contribution in [2.24, 2.45) is 0 Å². The molecular weight excluding hydrogens is 268 g/mol. The monoisotopic (exact) mass is 280 g/mol. The van der Waals surface area contributed by atoms with Crippen molar-refractivity contribution in [1.29, 1.82) is 5.26 Å². The number of carbonyl (C=O) groups is 1. The normalized spacial score (nSPS) is 9.62. The van der Waals surface area contributed by atoms with E-state index >= 15 is 0 Å². The molecule has 3 nitrogen and oxygen atoms in total. The van der Waals surface area contributed by atoms with Crippen LogP contribution in [0.3, 0.4) is 0 Å². The zero-order valence-corrected chi connectivity index (χ0v) is 10.9. The van der Waals surface area contributed by atoms with E-state index in [0.29, 0.717) is 18.5 Å². The fraction of sp³-hybridized carbons (Fsp3) is 0.333. The van der Waals surface area contributed by atoms with Gasteiger partial charge in [-0.1, -0.05) is 22.0 Å². The SMILES string of the molecule is Cc1c(Br)cccc1C(=O)N(C)CCC#N. The van der Waals surface area contributed by atoms with Crippen molar-refractivity contribution in [3.63, 3.8) is 0 Å². The lowest BCUT2D eigenvalue weighted by Gasteiger charge is -2.17. The van der Waals surface area contributed by atoms with E-state index in [1.54, 1.807) is 18.0 Å². The van der Waals surface area contributed by atoms with Crippen LogP contribution in [0.4, 0.5) is 0 Å². The Morgan fingerprint density at radius 1 is 1.56 bits per heavy atom. The molecule has 0 N–H and O–H groups in total. The molecule has 0 unspecified atom stereocenters. The molecule has 0 aromatic heterocycles. The first kappa shape index (κ1) is 12.7. The number of nitrogens with zero attached hydrogens (tertiary/aromatic N) is 2. The summed E-state index contributed by atoms with van der Waals surface area (Å²) in [6, 6.07) is 7.56. The molecule has 0 radical (unpaired) electrons. The highest BCUT2D eigenvalue weighted by Crippen LogP contribution is 2.20. The Kier molecular flexibility index (Phi) is 4.51. The molecule has 4 heteroatoms. The van der Waals surface area contributed by atoms with E-state index in [-0.39, 0.29) is 5.91 Å². The molecule has 0 saturated heterocycles. The van der Waals surface area contributed by atoms with Crippen molar-refractivity contribution in [2.45, 2.75) is 13.3 Å². The Morgan fingerprint density at radius 2 is 2.25 bits per heavy atom. The molecule has 0 bridgehead atoms. The molecule has 0 aliphatic heterocycles. The van der Waals surface area contributed by atoms with Gasteiger partial charge in [0.2, 0.25) is 0 Å². The van der Waals surface area contributed by atoms with Gasteiger partial charge in [-0.05, 0) is 24.6 Å². The maximum Gasteiger partial charge on any atom is 0.253 e. The van der Waals surface area contributed by atoms with Gasteiger partial charge in [-0.15, -0.1) is 0 Å². The largest absolute Gasteiger partial charge is 0.341 e. The molecule has 0 atom stereocenters. The summed E-state index contributed by atoms with van der Waals surface area (Å²) in [7, 11) is 1.71. The maximum atomic E-state index is 12.0. The third-order valence-corrected chi connectivity index (χ3v) is 3.26. The first-order valence-electron chi connectivity index (χ1n) is 4.95. The van der Waals surface area contributed by atoms with E-state index in [9.17, 15) is 4.79 Å². The Morgan fingerprint density at radius 3 is 2.88 bits per heavy atom. The van der Waals surface area contributed by atoms with Crippen molar-refractivity contribution in [3.05, 3.63) is 33.8 Å². The van der Waals surface area contributed by atoms with E-state index in [0.717, 1.165) is 10.0 Å². The number of amides is 1. The Bertz CT molecular complexity index is 437. The highest BCUT2D eigenvalue weighted by molar-refractivity contribution is 9.10. The third kappa shape index (κ3) is 2.83. The van der Waals surface area contributed by atoms with Crippen molar-refractivity contribution in [1.82, 2.24) is 4.90 Å². The molecule has 1 amide bonds. The summed E-state index contributed by atoms with van der Waals surface area (Å²) in [5.41, 5.74) is 1.60. The lowest BCUT2D eigenvalue weighted by molar-refractivity contribution is 0.0797. The molecule has 0 saturated carbocycles. The smallest absolute Gasteiger partial charge is 0.253 e. The van der Waals surface area contributed by atoms with Crippen molar-refractivity contribution in [2.75, 3.05) is 13.6 Å². The number of hydrogen-bond acceptors (Lipinski definition) is 2. The third-order valence-electron chi connectivity index (χ3n) is 2.40. The number of carbonyl (C=O) groups excluding carboxylic acids is 1. The van der Waals surface area contributed by atoms with Crippen molar-refractivity contribution in [3.8, 4) is 6.07 Å². The molecule has 1 aromatic carbocycles. The highest BCUT2D eigenvalue weighted by atomic mass is 79.9. The summed E-state index contributed by atoms with van der Waals surface area (Å²) >= 11 is 3.39. The summed E-state index contributed by atoms with van der Waals surface area (Å²) in [5, 5.41) is 8.47. The van der Waals surface area contributed by atoms with Crippen LogP contribution in [0.2, 0.25) is 0 Å². The first-order valence-corrected chi connectivity index (χ1v) is 5.74. The molecular formula is C12H13BrN2O. The summed E-state index contributed by atoms with van der Waals surface area (Å²) in [5.74, 6) is -0.0472. The molecule has 0 heterocycles. The van der Waals surface area contributed by atoms with Gasteiger partial charge in [0.05, 0.1) is 12.5 Å². The second-order valence-corrected chi connectivity index (χ2v) is 4.40. The highest BCUT2D eigenvalue weighted by Gasteiger charge is 2.14. The first-order chi connectivity index (χ1) is 7.57. The Balaban J connectivity index is 2.89. The Labute approximate surface area is 104 Å². The van der Waals surface area contributed by atoms with E-state index in [1.807, 2.05) is 25.1 Å². The van der Waals surface area contributed by atoms with Crippen molar-refractivity contribution < 1.29 is 4.79 Å². The van der Waals surface area contributed by atoms with E-state index in [2.05, 4.69) is 15.9 Å². The van der Waals surface area contributed by atoms with Crippen LogP contribution in [0.5, 0.6) is 0 Å². The topological polar surface area (TPSA) is 44.1 Å².